The first-order chi connectivity index (χ1) is 17.0. The quantitative estimate of drug-likeness (QED) is 0.300. The second kappa shape index (κ2) is 10.4. The van der Waals surface area contributed by atoms with Crippen molar-refractivity contribution in [3.05, 3.63) is 101 Å². The maximum absolute atomic E-state index is 15.1. The van der Waals surface area contributed by atoms with Crippen LogP contribution < -0.4 is 0 Å². The summed E-state index contributed by atoms with van der Waals surface area (Å²) in [4.78, 5) is 0. The standard InChI is InChI=1S/C31H31F3O/c1-2-3-20-6-11-23(12-7-20)25-16-17-26(31(34)30(25)33)24-13-8-21(9-14-24)4-5-22-10-15-27(28(32)18-22)29-19-35-29/h2-5,8-10,13-14,16-18,20,23,27,29H,6-7,11-12,15,19H2,1H3/b3-2+,5-4+. The molecule has 0 amide bonds. The van der Waals surface area contributed by atoms with Gasteiger partial charge in [-0.1, -0.05) is 66.8 Å². The molecule has 4 heteroatoms. The Morgan fingerprint density at radius 3 is 2.29 bits per heavy atom. The van der Waals surface area contributed by atoms with Gasteiger partial charge in [0.1, 0.15) is 5.83 Å². The smallest absolute Gasteiger partial charge is 0.166 e. The number of epoxide rings is 1. The number of benzene rings is 2. The van der Waals surface area contributed by atoms with Gasteiger partial charge in [0.15, 0.2) is 11.6 Å². The summed E-state index contributed by atoms with van der Waals surface area (Å²) in [7, 11) is 0. The summed E-state index contributed by atoms with van der Waals surface area (Å²) in [6, 6.07) is 10.8. The third-order valence-corrected chi connectivity index (χ3v) is 7.55. The molecule has 35 heavy (non-hydrogen) atoms. The Hall–Kier alpha value is -2.85. The van der Waals surface area contributed by atoms with Crippen LogP contribution in [0.15, 0.2) is 78.2 Å². The molecule has 0 aromatic heterocycles. The van der Waals surface area contributed by atoms with Gasteiger partial charge in [0.25, 0.3) is 0 Å². The monoisotopic (exact) mass is 476 g/mol. The molecular formula is C31H31F3O. The number of hydrogen-bond donors (Lipinski definition) is 0. The largest absolute Gasteiger partial charge is 0.372 e. The van der Waals surface area contributed by atoms with Crippen LogP contribution in [0, 0.1) is 23.5 Å². The van der Waals surface area contributed by atoms with Crippen LogP contribution >= 0.6 is 0 Å². The van der Waals surface area contributed by atoms with Gasteiger partial charge in [-0.25, -0.2) is 13.2 Å². The predicted molar refractivity (Wildman–Crippen MR) is 135 cm³/mol. The third kappa shape index (κ3) is 5.38. The summed E-state index contributed by atoms with van der Waals surface area (Å²) >= 11 is 0. The molecule has 2 aromatic carbocycles. The van der Waals surface area contributed by atoms with Crippen LogP contribution in [-0.4, -0.2) is 12.7 Å². The molecule has 0 spiro atoms. The van der Waals surface area contributed by atoms with E-state index in [0.717, 1.165) is 36.8 Å². The molecule has 1 saturated heterocycles. The zero-order chi connectivity index (χ0) is 24.4. The van der Waals surface area contributed by atoms with E-state index in [1.165, 1.54) is 0 Å². The van der Waals surface area contributed by atoms with Gasteiger partial charge in [0.2, 0.25) is 0 Å². The number of rotatable bonds is 6. The van der Waals surface area contributed by atoms with Gasteiger partial charge in [-0.15, -0.1) is 0 Å². The van der Waals surface area contributed by atoms with Crippen molar-refractivity contribution >= 4 is 6.08 Å². The molecular weight excluding hydrogens is 445 g/mol. The Morgan fingerprint density at radius 1 is 0.886 bits per heavy atom. The Balaban J connectivity index is 1.26. The molecule has 182 valence electrons. The zero-order valence-corrected chi connectivity index (χ0v) is 20.0. The normalized spacial score (nSPS) is 26.7. The van der Waals surface area contributed by atoms with Gasteiger partial charge in [-0.3, -0.25) is 0 Å². The summed E-state index contributed by atoms with van der Waals surface area (Å²) in [5, 5.41) is 0. The van der Waals surface area contributed by atoms with E-state index in [9.17, 15) is 4.39 Å². The minimum Gasteiger partial charge on any atom is -0.372 e. The molecule has 1 heterocycles. The summed E-state index contributed by atoms with van der Waals surface area (Å²) < 4.78 is 49.6. The first kappa shape index (κ1) is 23.9. The van der Waals surface area contributed by atoms with Crippen LogP contribution in [0.4, 0.5) is 13.2 Å². The molecule has 0 N–H and O–H groups in total. The van der Waals surface area contributed by atoms with Crippen LogP contribution in [0.3, 0.4) is 0 Å². The van der Waals surface area contributed by atoms with Crippen molar-refractivity contribution in [3.8, 4) is 11.1 Å². The lowest BCUT2D eigenvalue weighted by Crippen LogP contribution is -2.13. The molecule has 2 aliphatic carbocycles. The van der Waals surface area contributed by atoms with Crippen LogP contribution in [0.2, 0.25) is 0 Å². The van der Waals surface area contributed by atoms with Gasteiger partial charge in [-0.2, -0.15) is 0 Å². The molecule has 5 rings (SSSR count). The van der Waals surface area contributed by atoms with Crippen LogP contribution in [-0.2, 0) is 4.74 Å². The molecule has 2 unspecified atom stereocenters. The van der Waals surface area contributed by atoms with E-state index in [2.05, 4.69) is 12.2 Å². The molecule has 2 atom stereocenters. The van der Waals surface area contributed by atoms with Crippen molar-refractivity contribution in [1.29, 1.82) is 0 Å². The average molecular weight is 477 g/mol. The van der Waals surface area contributed by atoms with Gasteiger partial charge in [-0.05, 0) is 79.2 Å². The summed E-state index contributed by atoms with van der Waals surface area (Å²) in [6.07, 6.45) is 16.1. The molecule has 0 radical (unpaired) electrons. The summed E-state index contributed by atoms with van der Waals surface area (Å²) in [6.45, 7) is 2.66. The molecule has 3 aliphatic rings. The molecule has 1 aliphatic heterocycles. The fourth-order valence-corrected chi connectivity index (χ4v) is 5.40. The van der Waals surface area contributed by atoms with Crippen LogP contribution in [0.1, 0.15) is 56.1 Å². The highest BCUT2D eigenvalue weighted by atomic mass is 19.2. The van der Waals surface area contributed by atoms with E-state index in [1.54, 1.807) is 30.3 Å². The molecule has 2 fully saturated rings. The van der Waals surface area contributed by atoms with Gasteiger partial charge >= 0.3 is 0 Å². The SMILES string of the molecule is C/C=C/C1CCC(c2ccc(-c3ccc(/C=C/C4=CCC(C5CO5)C(F)=C4)cc3)c(F)c2F)CC1. The summed E-state index contributed by atoms with van der Waals surface area (Å²) in [5.41, 5.74) is 3.15. The highest BCUT2D eigenvalue weighted by Gasteiger charge is 2.36. The Labute approximate surface area is 205 Å². The lowest BCUT2D eigenvalue weighted by molar-refractivity contribution is 0.322. The number of ether oxygens (including phenoxy) is 1. The lowest BCUT2D eigenvalue weighted by Gasteiger charge is -2.27. The minimum absolute atomic E-state index is 0.0260. The Morgan fingerprint density at radius 2 is 1.63 bits per heavy atom. The van der Waals surface area contributed by atoms with E-state index in [0.29, 0.717) is 30.1 Å². The van der Waals surface area contributed by atoms with Gasteiger partial charge < -0.3 is 4.74 Å². The molecule has 1 nitrogen and oxygen atoms in total. The predicted octanol–water partition coefficient (Wildman–Crippen LogP) is 8.69. The van der Waals surface area contributed by atoms with Crippen molar-refractivity contribution in [2.24, 2.45) is 11.8 Å². The van der Waals surface area contributed by atoms with Crippen molar-refractivity contribution in [1.82, 2.24) is 0 Å². The fourth-order valence-electron chi connectivity index (χ4n) is 5.40. The van der Waals surface area contributed by atoms with E-state index < -0.39 is 11.6 Å². The second-order valence-corrected chi connectivity index (χ2v) is 9.87. The third-order valence-electron chi connectivity index (χ3n) is 7.55. The van der Waals surface area contributed by atoms with Crippen molar-refractivity contribution in [3.63, 3.8) is 0 Å². The first-order valence-corrected chi connectivity index (χ1v) is 12.6. The van der Waals surface area contributed by atoms with E-state index in [-0.39, 0.29) is 29.3 Å². The number of allylic oxidation sites excluding steroid dienone is 6. The van der Waals surface area contributed by atoms with Crippen LogP contribution in [0.25, 0.3) is 17.2 Å². The second-order valence-electron chi connectivity index (χ2n) is 9.87. The Kier molecular flexibility index (Phi) is 7.10. The molecule has 1 saturated carbocycles. The van der Waals surface area contributed by atoms with Gasteiger partial charge in [0.05, 0.1) is 12.7 Å². The minimum atomic E-state index is -0.775. The maximum atomic E-state index is 15.1. The molecule has 0 bridgehead atoms. The van der Waals surface area contributed by atoms with Crippen LogP contribution in [0.5, 0.6) is 0 Å². The maximum Gasteiger partial charge on any atom is 0.166 e. The fraction of sp³-hybridized carbons (Fsp3) is 0.355. The highest BCUT2D eigenvalue weighted by molar-refractivity contribution is 5.67. The van der Waals surface area contributed by atoms with E-state index >= 15 is 8.78 Å². The van der Waals surface area contributed by atoms with Gasteiger partial charge in [0, 0.05) is 11.5 Å². The van der Waals surface area contributed by atoms with Crippen molar-refractivity contribution in [2.75, 3.05) is 6.61 Å². The highest BCUT2D eigenvalue weighted by Crippen LogP contribution is 2.39. The lowest BCUT2D eigenvalue weighted by atomic mass is 9.78. The zero-order valence-electron chi connectivity index (χ0n) is 20.0. The van der Waals surface area contributed by atoms with Crippen molar-refractivity contribution in [2.45, 2.75) is 51.0 Å². The van der Waals surface area contributed by atoms with Crippen molar-refractivity contribution < 1.29 is 17.9 Å². The van der Waals surface area contributed by atoms with E-state index in [4.69, 9.17) is 4.74 Å². The molecule has 2 aromatic rings. The number of halogens is 3. The first-order valence-electron chi connectivity index (χ1n) is 12.6. The Bertz CT molecular complexity index is 1180. The van der Waals surface area contributed by atoms with E-state index in [1.807, 2.05) is 37.3 Å². The average Bonchev–Trinajstić information content (AvgIpc) is 3.71. The number of hydrogen-bond acceptors (Lipinski definition) is 1. The topological polar surface area (TPSA) is 12.5 Å². The summed E-state index contributed by atoms with van der Waals surface area (Å²) in [5.74, 6) is -1.14.